The summed E-state index contributed by atoms with van der Waals surface area (Å²) in [7, 11) is 0. The maximum Gasteiger partial charge on any atom is 0.0816 e. The Balaban J connectivity index is 1.22. The minimum Gasteiger partial charge on any atom is -0.353 e. The van der Waals surface area contributed by atoms with Gasteiger partial charge in [-0.15, -0.1) is 0 Å². The quantitative estimate of drug-likeness (QED) is 0.185. The fraction of sp³-hybridized carbons (Fsp3) is 0. The first-order valence-corrected chi connectivity index (χ1v) is 27.5. The summed E-state index contributed by atoms with van der Waals surface area (Å²) in [4.78, 5) is 21.0. The first kappa shape index (κ1) is 44.4. The van der Waals surface area contributed by atoms with Gasteiger partial charge in [-0.3, -0.25) is 0 Å². The fourth-order valence-electron chi connectivity index (χ4n) is 13.5. The fourth-order valence-corrected chi connectivity index (χ4v) is 13.5. The molecule has 370 valence electrons. The van der Waals surface area contributed by atoms with Crippen molar-refractivity contribution in [1.82, 2.24) is 19.9 Å². The Labute approximate surface area is 460 Å². The first-order chi connectivity index (χ1) is 39.7. The van der Waals surface area contributed by atoms with E-state index in [1.807, 2.05) is 0 Å². The molecule has 0 spiro atoms. The average Bonchev–Trinajstić information content (AvgIpc) is 4.37. The van der Waals surface area contributed by atoms with Crippen molar-refractivity contribution in [2.24, 2.45) is 0 Å². The van der Waals surface area contributed by atoms with Gasteiger partial charge in [0, 0.05) is 66.1 Å². The van der Waals surface area contributed by atoms with Crippen LogP contribution in [0.5, 0.6) is 0 Å². The number of fused-ring (bicyclic) bond motifs is 4. The molecule has 0 saturated carbocycles. The van der Waals surface area contributed by atoms with Crippen molar-refractivity contribution in [2.45, 2.75) is 0 Å². The van der Waals surface area contributed by atoms with Crippen LogP contribution in [0.1, 0.15) is 0 Å². The van der Waals surface area contributed by atoms with Crippen LogP contribution in [0.3, 0.4) is 0 Å². The Hall–Kier alpha value is -10.7. The molecule has 4 heterocycles. The molecule has 80 heavy (non-hydrogen) atoms. The monoisotopic (exact) mass is 1010 g/mol. The molecule has 2 aliphatic heterocycles. The maximum absolute atomic E-state index is 6.18. The molecule has 2 N–H and O–H groups in total. The first-order valence-electron chi connectivity index (χ1n) is 27.5. The van der Waals surface area contributed by atoms with Crippen molar-refractivity contribution in [3.63, 3.8) is 0 Å². The summed E-state index contributed by atoms with van der Waals surface area (Å²) in [6.45, 7) is 0. The largest absolute Gasteiger partial charge is 0.353 e. The summed E-state index contributed by atoms with van der Waals surface area (Å²) >= 11 is 0. The Kier molecular flexibility index (Phi) is 9.68. The third-order valence-electron chi connectivity index (χ3n) is 16.9. The normalized spacial score (nSPS) is 12.0. The van der Waals surface area contributed by atoms with E-state index in [-0.39, 0.29) is 0 Å². The summed E-state index contributed by atoms with van der Waals surface area (Å²) in [6.07, 6.45) is 0. The van der Waals surface area contributed by atoms with E-state index in [9.17, 15) is 0 Å². The highest BCUT2D eigenvalue weighted by molar-refractivity contribution is 6.25. The smallest absolute Gasteiger partial charge is 0.0816 e. The SMILES string of the molecule is c1ccc2c(c1)-c1nc-2c(-c2cccc3ccccc23)c2[nH]c(c(-c3cccc4ccccc34)c3nc(c(-c4cccc5ccccc45)c4[nH]c(c1-c1cccc5ccccc15)c1ccccc41)-c1ccccc1-3)c1ccccc21. The number of benzene rings is 12. The van der Waals surface area contributed by atoms with E-state index >= 15 is 0 Å². The zero-order chi connectivity index (χ0) is 52.4. The Bertz CT molecular complexity index is 4650. The molecule has 1 aliphatic carbocycles. The molecule has 17 rings (SSSR count). The minimum atomic E-state index is 0.903. The predicted molar refractivity (Wildman–Crippen MR) is 337 cm³/mol. The van der Waals surface area contributed by atoms with Gasteiger partial charge in [0.25, 0.3) is 0 Å². The lowest BCUT2D eigenvalue weighted by molar-refractivity contribution is 1.40. The van der Waals surface area contributed by atoms with Gasteiger partial charge in [0.1, 0.15) is 0 Å². The molecule has 14 aromatic rings. The van der Waals surface area contributed by atoms with Gasteiger partial charge in [-0.1, -0.05) is 267 Å². The molecule has 4 nitrogen and oxygen atoms in total. The van der Waals surface area contributed by atoms with Gasteiger partial charge in [-0.2, -0.15) is 0 Å². The molecule has 0 atom stereocenters. The summed E-state index contributed by atoms with van der Waals surface area (Å²) in [5, 5.41) is 13.6. The van der Waals surface area contributed by atoms with Crippen molar-refractivity contribution in [2.75, 3.05) is 0 Å². The second kappa shape index (κ2) is 17.4. The Morgan fingerprint density at radius 1 is 0.175 bits per heavy atom. The number of H-pyrrole nitrogens is 2. The van der Waals surface area contributed by atoms with Gasteiger partial charge in [-0.25, -0.2) is 9.97 Å². The molecule has 0 amide bonds. The van der Waals surface area contributed by atoms with Crippen LogP contribution in [0.25, 0.3) is 176 Å². The van der Waals surface area contributed by atoms with Crippen LogP contribution in [0.2, 0.25) is 0 Å². The van der Waals surface area contributed by atoms with Gasteiger partial charge >= 0.3 is 0 Å². The molecule has 3 aliphatic rings. The van der Waals surface area contributed by atoms with Crippen LogP contribution >= 0.6 is 0 Å². The molecule has 0 saturated heterocycles. The van der Waals surface area contributed by atoms with Crippen molar-refractivity contribution >= 4 is 86.7 Å². The van der Waals surface area contributed by atoms with E-state index in [4.69, 9.17) is 9.97 Å². The lowest BCUT2D eigenvalue weighted by Crippen LogP contribution is -1.90. The number of rotatable bonds is 4. The van der Waals surface area contributed by atoms with Gasteiger partial charge in [-0.05, 0) is 65.3 Å². The van der Waals surface area contributed by atoms with E-state index in [1.54, 1.807) is 0 Å². The lowest BCUT2D eigenvalue weighted by atomic mass is 9.91. The average molecular weight is 1020 g/mol. The van der Waals surface area contributed by atoms with Crippen molar-refractivity contribution in [3.05, 3.63) is 267 Å². The number of nitrogens with one attached hydrogen (secondary N) is 2. The maximum atomic E-state index is 6.18. The molecule has 12 aromatic carbocycles. The Morgan fingerprint density at radius 3 is 0.613 bits per heavy atom. The highest BCUT2D eigenvalue weighted by Gasteiger charge is 2.31. The van der Waals surface area contributed by atoms with Gasteiger partial charge in [0.2, 0.25) is 0 Å². The summed E-state index contributed by atoms with van der Waals surface area (Å²) < 4.78 is 0. The second-order valence-electron chi connectivity index (χ2n) is 21.2. The van der Waals surface area contributed by atoms with Gasteiger partial charge < -0.3 is 9.97 Å². The summed E-state index contributed by atoms with van der Waals surface area (Å²) in [5.74, 6) is 0. The van der Waals surface area contributed by atoms with E-state index < -0.39 is 0 Å². The zero-order valence-electron chi connectivity index (χ0n) is 43.3. The molecule has 0 unspecified atom stereocenters. The zero-order valence-corrected chi connectivity index (χ0v) is 43.3. The van der Waals surface area contributed by atoms with E-state index in [1.165, 1.54) is 0 Å². The third kappa shape index (κ3) is 6.51. The van der Waals surface area contributed by atoms with E-state index in [2.05, 4.69) is 277 Å². The summed E-state index contributed by atoms with van der Waals surface area (Å²) in [5.41, 5.74) is 20.3. The molecule has 0 radical (unpaired) electrons. The van der Waals surface area contributed by atoms with Crippen LogP contribution < -0.4 is 0 Å². The third-order valence-corrected chi connectivity index (χ3v) is 16.9. The standard InChI is InChI=1S/C76H46N4/c1-5-29-49-45(21-1)25-17-41-53(49)65-69-57-33-9-11-35-59(57)71(77-69)66(54-42-18-26-46-22-2-6-30-50(46)54)73-61-37-13-15-39-63(61)75(79-73)68(56-44-20-28-48-24-4-8-32-52(48)56)76-64-40-16-14-38-62(64)74(80-76)67(55-43-19-27-47-23-3-7-31-51(47)55)72-60-36-12-10-34-58(60)70(65)78-72/h1-44,77,80H. The van der Waals surface area contributed by atoms with Gasteiger partial charge in [0.05, 0.1) is 44.8 Å². The van der Waals surface area contributed by atoms with Crippen molar-refractivity contribution in [3.8, 4) is 89.5 Å². The predicted octanol–water partition coefficient (Wildman–Crippen LogP) is 20.6. The molecule has 4 heteroatoms. The van der Waals surface area contributed by atoms with Crippen LogP contribution in [0.15, 0.2) is 267 Å². The number of hydrogen-bond acceptors (Lipinski definition) is 2. The molecular weight excluding hydrogens is 969 g/mol. The Morgan fingerprint density at radius 2 is 0.362 bits per heavy atom. The number of aromatic nitrogens is 4. The number of hydrogen-bond donors (Lipinski definition) is 2. The molecule has 0 fully saturated rings. The summed E-state index contributed by atoms with van der Waals surface area (Å²) in [6, 6.07) is 97.4. The lowest BCUT2D eigenvalue weighted by Gasteiger charge is -2.12. The molecule has 8 bridgehead atoms. The van der Waals surface area contributed by atoms with E-state index in [0.29, 0.717) is 0 Å². The van der Waals surface area contributed by atoms with E-state index in [0.717, 1.165) is 176 Å². The van der Waals surface area contributed by atoms with Crippen LogP contribution in [0.4, 0.5) is 0 Å². The van der Waals surface area contributed by atoms with Gasteiger partial charge in [0.15, 0.2) is 0 Å². The van der Waals surface area contributed by atoms with Crippen LogP contribution in [-0.2, 0) is 0 Å². The highest BCUT2D eigenvalue weighted by Crippen LogP contribution is 2.53. The van der Waals surface area contributed by atoms with Crippen LogP contribution in [-0.4, -0.2) is 19.9 Å². The number of nitrogens with zero attached hydrogens (tertiary/aromatic N) is 2. The van der Waals surface area contributed by atoms with Crippen molar-refractivity contribution < 1.29 is 0 Å². The topological polar surface area (TPSA) is 57.4 Å². The number of aromatic amines is 2. The highest BCUT2D eigenvalue weighted by atomic mass is 14.8. The van der Waals surface area contributed by atoms with Crippen LogP contribution in [0, 0.1) is 0 Å². The minimum absolute atomic E-state index is 0.903. The second-order valence-corrected chi connectivity index (χ2v) is 21.2. The molecular formula is C76H46N4. The van der Waals surface area contributed by atoms with Crippen molar-refractivity contribution in [1.29, 1.82) is 0 Å². The molecule has 2 aromatic heterocycles.